The average Bonchev–Trinajstić information content (AvgIpc) is 2.23. The third kappa shape index (κ3) is 6.91. The molecule has 0 amide bonds. The van der Waals surface area contributed by atoms with E-state index in [0.29, 0.717) is 18.7 Å². The molecule has 0 fully saturated rings. The second kappa shape index (κ2) is 9.17. The molecule has 15 heavy (non-hydrogen) atoms. The van der Waals surface area contributed by atoms with Gasteiger partial charge in [0.25, 0.3) is 0 Å². The Morgan fingerprint density at radius 1 is 1.13 bits per heavy atom. The summed E-state index contributed by atoms with van der Waals surface area (Å²) in [5, 5.41) is 12.4. The lowest BCUT2D eigenvalue weighted by Crippen LogP contribution is -2.40. The maximum atomic E-state index is 8.77. The lowest BCUT2D eigenvalue weighted by atomic mass is 9.94. The molecule has 0 spiro atoms. The van der Waals surface area contributed by atoms with Gasteiger partial charge in [-0.1, -0.05) is 27.2 Å². The smallest absolute Gasteiger partial charge is 0.0431 e. The van der Waals surface area contributed by atoms with Gasteiger partial charge in [0.2, 0.25) is 0 Å². The van der Waals surface area contributed by atoms with Crippen LogP contribution in [0, 0.1) is 5.92 Å². The summed E-state index contributed by atoms with van der Waals surface area (Å²) in [4.78, 5) is 0. The molecule has 0 radical (unpaired) electrons. The Hall–Kier alpha value is -0.0800. The summed E-state index contributed by atoms with van der Waals surface area (Å²) in [6.45, 7) is 9.37. The van der Waals surface area contributed by atoms with Crippen molar-refractivity contribution in [2.24, 2.45) is 5.92 Å². The first-order chi connectivity index (χ1) is 7.15. The van der Waals surface area contributed by atoms with Crippen molar-refractivity contribution in [2.75, 3.05) is 6.61 Å². The van der Waals surface area contributed by atoms with E-state index in [9.17, 15) is 0 Å². The van der Waals surface area contributed by atoms with Crippen LogP contribution in [0.1, 0.15) is 59.8 Å². The van der Waals surface area contributed by atoms with E-state index in [1.54, 1.807) is 0 Å². The molecule has 0 aliphatic rings. The van der Waals surface area contributed by atoms with Gasteiger partial charge in [-0.3, -0.25) is 0 Å². The Morgan fingerprint density at radius 3 is 2.27 bits per heavy atom. The Labute approximate surface area is 95.5 Å². The minimum Gasteiger partial charge on any atom is -0.396 e. The van der Waals surface area contributed by atoms with Crippen LogP contribution in [0.25, 0.3) is 0 Å². The van der Waals surface area contributed by atoms with Gasteiger partial charge in [0, 0.05) is 18.7 Å². The van der Waals surface area contributed by atoms with Crippen molar-refractivity contribution >= 4 is 0 Å². The topological polar surface area (TPSA) is 32.3 Å². The van der Waals surface area contributed by atoms with Crippen molar-refractivity contribution in [3.63, 3.8) is 0 Å². The van der Waals surface area contributed by atoms with Crippen molar-refractivity contribution in [3.05, 3.63) is 0 Å². The fourth-order valence-electron chi connectivity index (χ4n) is 2.19. The minimum atomic E-state index is 0.313. The fraction of sp³-hybridized carbons (Fsp3) is 1.00. The van der Waals surface area contributed by atoms with E-state index >= 15 is 0 Å². The first-order valence-corrected chi connectivity index (χ1v) is 6.52. The molecule has 0 aromatic carbocycles. The van der Waals surface area contributed by atoms with Gasteiger partial charge in [-0.25, -0.2) is 0 Å². The van der Waals surface area contributed by atoms with Crippen LogP contribution in [0.3, 0.4) is 0 Å². The maximum absolute atomic E-state index is 8.77. The Kier molecular flexibility index (Phi) is 9.12. The van der Waals surface area contributed by atoms with E-state index < -0.39 is 0 Å². The number of rotatable bonds is 9. The quantitative estimate of drug-likeness (QED) is 0.620. The fourth-order valence-corrected chi connectivity index (χ4v) is 2.19. The zero-order chi connectivity index (χ0) is 11.7. The second-order valence-corrected chi connectivity index (χ2v) is 4.71. The molecular weight excluding hydrogens is 186 g/mol. The molecule has 0 heterocycles. The van der Waals surface area contributed by atoms with Crippen LogP contribution in [0.15, 0.2) is 0 Å². The Morgan fingerprint density at radius 2 is 1.80 bits per heavy atom. The standard InChI is InChI=1S/C13H29NO/c1-5-8-11(3)13(6-2)14-12(4)9-7-10-15/h11-15H,5-10H2,1-4H3. The van der Waals surface area contributed by atoms with Gasteiger partial charge in [0.05, 0.1) is 0 Å². The number of hydrogen-bond donors (Lipinski definition) is 2. The molecule has 92 valence electrons. The van der Waals surface area contributed by atoms with E-state index in [0.717, 1.165) is 18.8 Å². The number of nitrogens with one attached hydrogen (secondary N) is 1. The van der Waals surface area contributed by atoms with Crippen molar-refractivity contribution in [3.8, 4) is 0 Å². The predicted molar refractivity (Wildman–Crippen MR) is 67.1 cm³/mol. The lowest BCUT2D eigenvalue weighted by Gasteiger charge is -2.27. The third-order valence-electron chi connectivity index (χ3n) is 3.16. The Bertz CT molecular complexity index is 138. The van der Waals surface area contributed by atoms with E-state index in [2.05, 4.69) is 33.0 Å². The monoisotopic (exact) mass is 215 g/mol. The molecule has 2 N–H and O–H groups in total. The molecule has 0 saturated carbocycles. The third-order valence-corrected chi connectivity index (χ3v) is 3.16. The molecule has 0 saturated heterocycles. The lowest BCUT2D eigenvalue weighted by molar-refractivity contribution is 0.263. The summed E-state index contributed by atoms with van der Waals surface area (Å²) in [6, 6.07) is 1.17. The highest BCUT2D eigenvalue weighted by Gasteiger charge is 2.16. The molecular formula is C13H29NO. The SMILES string of the molecule is CCCC(C)C(CC)NC(C)CCCO. The Balaban J connectivity index is 3.85. The van der Waals surface area contributed by atoms with Crippen LogP contribution < -0.4 is 5.32 Å². The maximum Gasteiger partial charge on any atom is 0.0431 e. The summed E-state index contributed by atoms with van der Waals surface area (Å²) >= 11 is 0. The van der Waals surface area contributed by atoms with Crippen LogP contribution >= 0.6 is 0 Å². The number of aliphatic hydroxyl groups is 1. The van der Waals surface area contributed by atoms with Crippen LogP contribution in [0.2, 0.25) is 0 Å². The van der Waals surface area contributed by atoms with Gasteiger partial charge >= 0.3 is 0 Å². The van der Waals surface area contributed by atoms with Crippen molar-refractivity contribution < 1.29 is 5.11 Å². The zero-order valence-corrected chi connectivity index (χ0v) is 10.9. The summed E-state index contributed by atoms with van der Waals surface area (Å²) < 4.78 is 0. The molecule has 2 nitrogen and oxygen atoms in total. The van der Waals surface area contributed by atoms with Gasteiger partial charge < -0.3 is 10.4 Å². The largest absolute Gasteiger partial charge is 0.396 e. The van der Waals surface area contributed by atoms with E-state index in [4.69, 9.17) is 5.11 Å². The van der Waals surface area contributed by atoms with Crippen LogP contribution in [0.5, 0.6) is 0 Å². The van der Waals surface area contributed by atoms with Gasteiger partial charge in [0.1, 0.15) is 0 Å². The highest BCUT2D eigenvalue weighted by atomic mass is 16.2. The van der Waals surface area contributed by atoms with Gasteiger partial charge in [0.15, 0.2) is 0 Å². The van der Waals surface area contributed by atoms with Crippen molar-refractivity contribution in [2.45, 2.75) is 71.9 Å². The normalized spacial score (nSPS) is 17.4. The first-order valence-electron chi connectivity index (χ1n) is 6.52. The zero-order valence-electron chi connectivity index (χ0n) is 10.9. The predicted octanol–water partition coefficient (Wildman–Crippen LogP) is 2.95. The molecule has 0 aromatic heterocycles. The van der Waals surface area contributed by atoms with Crippen molar-refractivity contribution in [1.29, 1.82) is 0 Å². The molecule has 0 aliphatic carbocycles. The molecule has 3 unspecified atom stereocenters. The number of aliphatic hydroxyl groups excluding tert-OH is 1. The summed E-state index contributed by atoms with van der Waals surface area (Å²) in [7, 11) is 0. The molecule has 2 heteroatoms. The van der Waals surface area contributed by atoms with Crippen LogP contribution in [-0.4, -0.2) is 23.8 Å². The summed E-state index contributed by atoms with van der Waals surface area (Å²) in [5.41, 5.74) is 0. The van der Waals surface area contributed by atoms with E-state index in [1.807, 2.05) is 0 Å². The van der Waals surface area contributed by atoms with E-state index in [1.165, 1.54) is 19.3 Å². The molecule has 0 aromatic rings. The second-order valence-electron chi connectivity index (χ2n) is 4.71. The van der Waals surface area contributed by atoms with Crippen LogP contribution in [0.4, 0.5) is 0 Å². The summed E-state index contributed by atoms with van der Waals surface area (Å²) in [6.07, 6.45) is 5.76. The van der Waals surface area contributed by atoms with E-state index in [-0.39, 0.29) is 0 Å². The minimum absolute atomic E-state index is 0.313. The number of hydrogen-bond acceptors (Lipinski definition) is 2. The van der Waals surface area contributed by atoms with Gasteiger partial charge in [-0.2, -0.15) is 0 Å². The summed E-state index contributed by atoms with van der Waals surface area (Å²) in [5.74, 6) is 0.761. The van der Waals surface area contributed by atoms with Gasteiger partial charge in [-0.15, -0.1) is 0 Å². The molecule has 0 bridgehead atoms. The molecule has 0 rings (SSSR count). The van der Waals surface area contributed by atoms with Gasteiger partial charge in [-0.05, 0) is 38.5 Å². The van der Waals surface area contributed by atoms with Crippen LogP contribution in [-0.2, 0) is 0 Å². The molecule has 0 aliphatic heterocycles. The first kappa shape index (κ1) is 14.9. The average molecular weight is 215 g/mol. The van der Waals surface area contributed by atoms with Crippen molar-refractivity contribution in [1.82, 2.24) is 5.32 Å². The molecule has 3 atom stereocenters. The highest BCUT2D eigenvalue weighted by molar-refractivity contribution is 4.75. The highest BCUT2D eigenvalue weighted by Crippen LogP contribution is 2.14.